The van der Waals surface area contributed by atoms with Gasteiger partial charge in [0.15, 0.2) is 6.10 Å². The topological polar surface area (TPSA) is 78.9 Å². The number of carbonyl (C=O) groups is 3. The van der Waals surface area contributed by atoms with Crippen LogP contribution in [0, 0.1) is 5.92 Å². The summed E-state index contributed by atoms with van der Waals surface area (Å²) in [7, 11) is 0. The average Bonchev–Trinajstić information content (AvgIpc) is 3.32. The summed E-state index contributed by atoms with van der Waals surface area (Å²) >= 11 is 0. The highest BCUT2D eigenvalue weighted by Gasteiger charge is 2.19. The summed E-state index contributed by atoms with van der Waals surface area (Å²) in [6.07, 6.45) is 62.4. The van der Waals surface area contributed by atoms with Gasteiger partial charge in [-0.25, -0.2) is 0 Å². The van der Waals surface area contributed by atoms with Crippen LogP contribution in [0.15, 0.2) is 0 Å². The molecule has 0 unspecified atom stereocenters. The Morgan fingerprint density at radius 1 is 0.279 bits per heavy atom. The molecule has 0 heterocycles. The van der Waals surface area contributed by atoms with E-state index in [1.54, 1.807) is 0 Å². The summed E-state index contributed by atoms with van der Waals surface area (Å²) in [5.41, 5.74) is 0. The number of carbonyl (C=O) groups excluding carboxylic acids is 3. The molecule has 0 saturated heterocycles. The smallest absolute Gasteiger partial charge is 0.306 e. The number of unbranched alkanes of at least 4 members (excludes halogenated alkanes) is 44. The predicted octanol–water partition coefficient (Wildman–Crippen LogP) is 20.6. The molecule has 68 heavy (non-hydrogen) atoms. The molecule has 0 aromatic rings. The van der Waals surface area contributed by atoms with Crippen LogP contribution in [-0.4, -0.2) is 37.2 Å². The summed E-state index contributed by atoms with van der Waals surface area (Å²) < 4.78 is 16.9. The fourth-order valence-electron chi connectivity index (χ4n) is 9.63. The molecule has 6 nitrogen and oxygen atoms in total. The summed E-state index contributed by atoms with van der Waals surface area (Å²) in [4.78, 5) is 38.2. The third-order valence-electron chi connectivity index (χ3n) is 14.3. The van der Waals surface area contributed by atoms with Crippen LogP contribution < -0.4 is 0 Å². The Labute approximate surface area is 425 Å². The molecule has 0 bridgehead atoms. The summed E-state index contributed by atoms with van der Waals surface area (Å²) in [6, 6.07) is 0. The van der Waals surface area contributed by atoms with E-state index in [4.69, 9.17) is 14.2 Å². The van der Waals surface area contributed by atoms with E-state index in [-0.39, 0.29) is 31.1 Å². The first-order valence-corrected chi connectivity index (χ1v) is 30.9. The zero-order valence-corrected chi connectivity index (χ0v) is 46.6. The SMILES string of the molecule is CCCCCCCCCCCCCCCCCCCC(=O)OC[C@H](COC(=O)CCCCCCCCCCCCCCCCCCC(C)C)OC(=O)CCCCCCCCCCCCCCCC. The number of esters is 3. The van der Waals surface area contributed by atoms with Gasteiger partial charge in [-0.1, -0.05) is 317 Å². The van der Waals surface area contributed by atoms with Crippen LogP contribution in [-0.2, 0) is 28.6 Å². The van der Waals surface area contributed by atoms with Crippen LogP contribution in [0.3, 0.4) is 0 Å². The molecule has 0 fully saturated rings. The maximum absolute atomic E-state index is 12.9. The van der Waals surface area contributed by atoms with Gasteiger partial charge in [0.1, 0.15) is 13.2 Å². The van der Waals surface area contributed by atoms with Crippen molar-refractivity contribution in [2.75, 3.05) is 13.2 Å². The molecule has 6 heteroatoms. The van der Waals surface area contributed by atoms with Gasteiger partial charge in [0.25, 0.3) is 0 Å². The third-order valence-corrected chi connectivity index (χ3v) is 14.3. The quantitative estimate of drug-likeness (QED) is 0.0343. The summed E-state index contributed by atoms with van der Waals surface area (Å²) in [5.74, 6) is 0.0233. The predicted molar refractivity (Wildman–Crippen MR) is 293 cm³/mol. The first-order chi connectivity index (χ1) is 33.4. The van der Waals surface area contributed by atoms with Crippen molar-refractivity contribution in [2.24, 2.45) is 5.92 Å². The molecule has 0 aromatic carbocycles. The Morgan fingerprint density at radius 2 is 0.485 bits per heavy atom. The van der Waals surface area contributed by atoms with Crippen molar-refractivity contribution >= 4 is 17.9 Å². The van der Waals surface area contributed by atoms with Crippen molar-refractivity contribution in [3.63, 3.8) is 0 Å². The van der Waals surface area contributed by atoms with Gasteiger partial charge in [-0.05, 0) is 25.2 Å². The molecule has 0 aliphatic rings. The third kappa shape index (κ3) is 55.3. The van der Waals surface area contributed by atoms with Crippen LogP contribution >= 0.6 is 0 Å². The molecule has 0 N–H and O–H groups in total. The maximum atomic E-state index is 12.9. The molecule has 404 valence electrons. The van der Waals surface area contributed by atoms with Crippen LogP contribution in [0.1, 0.15) is 355 Å². The molecule has 1 atom stereocenters. The Balaban J connectivity index is 4.26. The molecule has 0 radical (unpaired) electrons. The number of rotatable bonds is 57. The largest absolute Gasteiger partial charge is 0.462 e. The van der Waals surface area contributed by atoms with E-state index in [1.807, 2.05) is 0 Å². The van der Waals surface area contributed by atoms with Crippen LogP contribution in [0.2, 0.25) is 0 Å². The highest BCUT2D eigenvalue weighted by Crippen LogP contribution is 2.18. The standard InChI is InChI=1S/C62H120O6/c1-5-7-9-11-13-15-17-19-21-22-26-30-33-37-41-45-49-53-60(63)66-56-59(68-62(65)55-51-47-43-39-35-29-20-18-16-14-12-10-8-6-2)57-67-61(64)54-50-46-42-38-34-31-27-24-23-25-28-32-36-40-44-48-52-58(3)4/h58-59H,5-57H2,1-4H3/t59-/m1/s1. The van der Waals surface area contributed by atoms with E-state index < -0.39 is 6.10 Å². The van der Waals surface area contributed by atoms with Gasteiger partial charge in [-0.3, -0.25) is 14.4 Å². The zero-order valence-electron chi connectivity index (χ0n) is 46.6. The molecule has 0 aliphatic carbocycles. The number of ether oxygens (including phenoxy) is 3. The van der Waals surface area contributed by atoms with E-state index in [2.05, 4.69) is 27.7 Å². The van der Waals surface area contributed by atoms with Gasteiger partial charge in [-0.2, -0.15) is 0 Å². The van der Waals surface area contributed by atoms with E-state index in [1.165, 1.54) is 250 Å². The van der Waals surface area contributed by atoms with Crippen molar-refractivity contribution in [1.29, 1.82) is 0 Å². The van der Waals surface area contributed by atoms with Crippen LogP contribution in [0.4, 0.5) is 0 Å². The fraction of sp³-hybridized carbons (Fsp3) is 0.952. The lowest BCUT2D eigenvalue weighted by molar-refractivity contribution is -0.167. The molecular formula is C62H120O6. The van der Waals surface area contributed by atoms with Crippen molar-refractivity contribution < 1.29 is 28.6 Å². The van der Waals surface area contributed by atoms with Gasteiger partial charge in [-0.15, -0.1) is 0 Å². The summed E-state index contributed by atoms with van der Waals surface area (Å²) in [5, 5.41) is 0. The lowest BCUT2D eigenvalue weighted by Crippen LogP contribution is -2.30. The second-order valence-electron chi connectivity index (χ2n) is 21.8. The molecule has 0 saturated carbocycles. The minimum absolute atomic E-state index is 0.0613. The molecule has 0 amide bonds. The zero-order chi connectivity index (χ0) is 49.5. The second kappa shape index (κ2) is 56.3. The average molecular weight is 962 g/mol. The van der Waals surface area contributed by atoms with E-state index >= 15 is 0 Å². The minimum atomic E-state index is -0.762. The van der Waals surface area contributed by atoms with E-state index in [0.29, 0.717) is 19.3 Å². The molecule has 0 aromatic heterocycles. The Kier molecular flexibility index (Phi) is 55.0. The Bertz CT molecular complexity index is 1030. The minimum Gasteiger partial charge on any atom is -0.462 e. The highest BCUT2D eigenvalue weighted by molar-refractivity contribution is 5.71. The van der Waals surface area contributed by atoms with E-state index in [9.17, 15) is 14.4 Å². The van der Waals surface area contributed by atoms with Crippen LogP contribution in [0.25, 0.3) is 0 Å². The normalized spacial score (nSPS) is 12.0. The Hall–Kier alpha value is -1.59. The van der Waals surface area contributed by atoms with Gasteiger partial charge >= 0.3 is 17.9 Å². The van der Waals surface area contributed by atoms with Crippen molar-refractivity contribution in [3.05, 3.63) is 0 Å². The Morgan fingerprint density at radius 3 is 0.721 bits per heavy atom. The summed E-state index contributed by atoms with van der Waals surface area (Å²) in [6.45, 7) is 9.09. The maximum Gasteiger partial charge on any atom is 0.306 e. The van der Waals surface area contributed by atoms with Gasteiger partial charge in [0.2, 0.25) is 0 Å². The molecular weight excluding hydrogens is 841 g/mol. The number of hydrogen-bond donors (Lipinski definition) is 0. The molecule has 0 spiro atoms. The van der Waals surface area contributed by atoms with E-state index in [0.717, 1.165) is 63.7 Å². The van der Waals surface area contributed by atoms with Gasteiger partial charge < -0.3 is 14.2 Å². The van der Waals surface area contributed by atoms with Crippen molar-refractivity contribution in [3.8, 4) is 0 Å². The second-order valence-corrected chi connectivity index (χ2v) is 21.8. The highest BCUT2D eigenvalue weighted by atomic mass is 16.6. The van der Waals surface area contributed by atoms with Gasteiger partial charge in [0.05, 0.1) is 0 Å². The van der Waals surface area contributed by atoms with Gasteiger partial charge in [0, 0.05) is 19.3 Å². The van der Waals surface area contributed by atoms with Crippen molar-refractivity contribution in [1.82, 2.24) is 0 Å². The lowest BCUT2D eigenvalue weighted by Gasteiger charge is -2.18. The van der Waals surface area contributed by atoms with Crippen molar-refractivity contribution in [2.45, 2.75) is 361 Å². The molecule has 0 aliphatic heterocycles. The fourth-order valence-corrected chi connectivity index (χ4v) is 9.63. The molecule has 0 rings (SSSR count). The lowest BCUT2D eigenvalue weighted by atomic mass is 10.0. The first kappa shape index (κ1) is 66.4. The van der Waals surface area contributed by atoms with Crippen LogP contribution in [0.5, 0.6) is 0 Å². The first-order valence-electron chi connectivity index (χ1n) is 30.9. The number of hydrogen-bond acceptors (Lipinski definition) is 6. The monoisotopic (exact) mass is 961 g/mol.